The van der Waals surface area contributed by atoms with E-state index in [1.165, 1.54) is 4.90 Å². The number of nitriles is 1. The molecule has 0 saturated heterocycles. The summed E-state index contributed by atoms with van der Waals surface area (Å²) in [5.41, 5.74) is 0.714. The summed E-state index contributed by atoms with van der Waals surface area (Å²) in [6.45, 7) is 1.83. The average Bonchev–Trinajstić information content (AvgIpc) is 3.28. The molecule has 0 radical (unpaired) electrons. The lowest BCUT2D eigenvalue weighted by atomic mass is 10.1. The van der Waals surface area contributed by atoms with Crippen LogP contribution in [0.2, 0.25) is 0 Å². The van der Waals surface area contributed by atoms with Crippen molar-refractivity contribution in [2.75, 3.05) is 12.0 Å². The third kappa shape index (κ3) is 4.10. The highest BCUT2D eigenvalue weighted by Crippen LogP contribution is 2.28. The summed E-state index contributed by atoms with van der Waals surface area (Å²) in [4.78, 5) is 19.0. The van der Waals surface area contributed by atoms with Crippen molar-refractivity contribution < 1.29 is 13.9 Å². The van der Waals surface area contributed by atoms with Gasteiger partial charge in [-0.1, -0.05) is 18.2 Å². The minimum absolute atomic E-state index is 0.00535. The number of furan rings is 1. The third-order valence-electron chi connectivity index (χ3n) is 4.23. The number of anilines is 1. The van der Waals surface area contributed by atoms with Gasteiger partial charge in [-0.15, -0.1) is 0 Å². The number of carbonyl (C=O) groups is 1. The van der Waals surface area contributed by atoms with Crippen LogP contribution < -0.4 is 9.64 Å². The molecule has 0 aliphatic carbocycles. The molecule has 1 amide bonds. The van der Waals surface area contributed by atoms with Crippen LogP contribution in [0.5, 0.6) is 5.75 Å². The second-order valence-electron chi connectivity index (χ2n) is 6.00. The summed E-state index contributed by atoms with van der Waals surface area (Å²) in [6.07, 6.45) is 4.70. The molecule has 3 rings (SSSR count). The Bertz CT molecular complexity index is 988. The highest BCUT2D eigenvalue weighted by atomic mass is 16.5. The predicted molar refractivity (Wildman–Crippen MR) is 105 cm³/mol. The van der Waals surface area contributed by atoms with Gasteiger partial charge in [-0.05, 0) is 55.0 Å². The van der Waals surface area contributed by atoms with Crippen LogP contribution in [0.25, 0.3) is 6.08 Å². The van der Waals surface area contributed by atoms with E-state index in [0.29, 0.717) is 17.3 Å². The predicted octanol–water partition coefficient (Wildman–Crippen LogP) is 4.38. The van der Waals surface area contributed by atoms with Crippen molar-refractivity contribution in [1.29, 1.82) is 5.26 Å². The van der Waals surface area contributed by atoms with Crippen molar-refractivity contribution in [1.82, 2.24) is 4.98 Å². The smallest absolute Gasteiger partial charge is 0.270 e. The second-order valence-corrected chi connectivity index (χ2v) is 6.00. The number of aromatic nitrogens is 1. The summed E-state index contributed by atoms with van der Waals surface area (Å²) in [6, 6.07) is 17.5. The molecule has 6 nitrogen and oxygen atoms in total. The Morgan fingerprint density at radius 2 is 2.00 bits per heavy atom. The molecule has 1 atom stereocenters. The number of nitrogens with zero attached hydrogens (tertiary/aromatic N) is 3. The van der Waals surface area contributed by atoms with Gasteiger partial charge in [0.2, 0.25) is 0 Å². The van der Waals surface area contributed by atoms with Gasteiger partial charge in [0.15, 0.2) is 0 Å². The summed E-state index contributed by atoms with van der Waals surface area (Å²) in [5.74, 6) is 1.28. The lowest BCUT2D eigenvalue weighted by Gasteiger charge is -2.26. The molecule has 2 aromatic heterocycles. The molecule has 0 bridgehead atoms. The van der Waals surface area contributed by atoms with Crippen molar-refractivity contribution >= 4 is 17.8 Å². The first-order valence-electron chi connectivity index (χ1n) is 8.68. The first-order valence-corrected chi connectivity index (χ1v) is 8.68. The van der Waals surface area contributed by atoms with Crippen molar-refractivity contribution in [2.45, 2.75) is 13.0 Å². The number of pyridine rings is 1. The molecule has 0 aliphatic heterocycles. The van der Waals surface area contributed by atoms with Crippen LogP contribution in [0.4, 0.5) is 5.82 Å². The summed E-state index contributed by atoms with van der Waals surface area (Å²) in [5, 5.41) is 9.63. The molecule has 1 unspecified atom stereocenters. The van der Waals surface area contributed by atoms with E-state index in [1.54, 1.807) is 80.2 Å². The highest BCUT2D eigenvalue weighted by Gasteiger charge is 2.28. The Balaban J connectivity index is 1.99. The average molecular weight is 373 g/mol. The second kappa shape index (κ2) is 8.69. The molecule has 0 spiro atoms. The Morgan fingerprint density at radius 3 is 2.57 bits per heavy atom. The van der Waals surface area contributed by atoms with Crippen LogP contribution in [-0.2, 0) is 4.79 Å². The zero-order chi connectivity index (χ0) is 19.9. The number of hydrogen-bond acceptors (Lipinski definition) is 5. The van der Waals surface area contributed by atoms with Crippen molar-refractivity contribution in [3.63, 3.8) is 0 Å². The Labute approximate surface area is 163 Å². The Kier molecular flexibility index (Phi) is 5.87. The molecule has 2 heterocycles. The number of benzene rings is 1. The van der Waals surface area contributed by atoms with Crippen LogP contribution in [0.3, 0.4) is 0 Å². The molecule has 6 heteroatoms. The fourth-order valence-corrected chi connectivity index (χ4v) is 2.77. The molecular formula is C22H19N3O3. The largest absolute Gasteiger partial charge is 0.497 e. The highest BCUT2D eigenvalue weighted by molar-refractivity contribution is 6.11. The fraction of sp³-hybridized carbons (Fsp3) is 0.136. The maximum Gasteiger partial charge on any atom is 0.270 e. The van der Waals surface area contributed by atoms with Gasteiger partial charge >= 0.3 is 0 Å². The van der Waals surface area contributed by atoms with E-state index in [1.807, 2.05) is 13.0 Å². The van der Waals surface area contributed by atoms with Crippen LogP contribution >= 0.6 is 0 Å². The van der Waals surface area contributed by atoms with E-state index in [9.17, 15) is 10.1 Å². The summed E-state index contributed by atoms with van der Waals surface area (Å²) < 4.78 is 10.6. The van der Waals surface area contributed by atoms with Crippen molar-refractivity contribution in [2.24, 2.45) is 0 Å². The van der Waals surface area contributed by atoms with Crippen LogP contribution in [-0.4, -0.2) is 18.0 Å². The minimum Gasteiger partial charge on any atom is -0.497 e. The van der Waals surface area contributed by atoms with Gasteiger partial charge in [0.05, 0.1) is 19.4 Å². The van der Waals surface area contributed by atoms with Crippen LogP contribution in [0, 0.1) is 11.3 Å². The number of hydrogen-bond donors (Lipinski definition) is 0. The fourth-order valence-electron chi connectivity index (χ4n) is 2.77. The van der Waals surface area contributed by atoms with Gasteiger partial charge in [-0.25, -0.2) is 4.98 Å². The molecular weight excluding hydrogens is 354 g/mol. The number of ether oxygens (including phenoxy) is 1. The number of rotatable bonds is 6. The van der Waals surface area contributed by atoms with E-state index >= 15 is 0 Å². The topological polar surface area (TPSA) is 79.4 Å². The lowest BCUT2D eigenvalue weighted by Crippen LogP contribution is -2.35. The molecule has 0 N–H and O–H groups in total. The zero-order valence-corrected chi connectivity index (χ0v) is 15.6. The maximum absolute atomic E-state index is 13.3. The first kappa shape index (κ1) is 18.9. The van der Waals surface area contributed by atoms with Gasteiger partial charge in [0.1, 0.15) is 29.0 Å². The first-order chi connectivity index (χ1) is 13.6. The number of amides is 1. The van der Waals surface area contributed by atoms with Crippen LogP contribution in [0.1, 0.15) is 24.3 Å². The SMILES string of the molecule is COc1ccc(C=C(C#N)C(=O)N(c2ccccn2)C(C)c2ccco2)cc1. The van der Waals surface area contributed by atoms with Gasteiger partial charge in [-0.2, -0.15) is 5.26 Å². The maximum atomic E-state index is 13.3. The van der Waals surface area contributed by atoms with E-state index in [-0.39, 0.29) is 5.57 Å². The molecule has 140 valence electrons. The quantitative estimate of drug-likeness (QED) is 0.473. The van der Waals surface area contributed by atoms with Gasteiger partial charge in [-0.3, -0.25) is 9.69 Å². The molecule has 3 aromatic rings. The minimum atomic E-state index is -0.457. The van der Waals surface area contributed by atoms with E-state index < -0.39 is 11.9 Å². The number of methoxy groups -OCH3 is 1. The molecule has 1 aromatic carbocycles. The van der Waals surface area contributed by atoms with Crippen molar-refractivity contribution in [3.05, 3.63) is 84.0 Å². The number of carbonyl (C=O) groups excluding carboxylic acids is 1. The normalized spacial score (nSPS) is 12.1. The molecule has 28 heavy (non-hydrogen) atoms. The summed E-state index contributed by atoms with van der Waals surface area (Å²) >= 11 is 0. The van der Waals surface area contributed by atoms with E-state index in [2.05, 4.69) is 4.98 Å². The molecule has 0 saturated carbocycles. The lowest BCUT2D eigenvalue weighted by molar-refractivity contribution is -0.115. The van der Waals surface area contributed by atoms with Crippen LogP contribution in [0.15, 0.2) is 77.0 Å². The standard InChI is InChI=1S/C22H19N3O3/c1-16(20-6-5-13-28-20)25(21-7-3-4-12-24-21)22(26)18(15-23)14-17-8-10-19(27-2)11-9-17/h3-14,16H,1-2H3. The monoisotopic (exact) mass is 373 g/mol. The summed E-state index contributed by atoms with van der Waals surface area (Å²) in [7, 11) is 1.58. The van der Waals surface area contributed by atoms with Crippen molar-refractivity contribution in [3.8, 4) is 11.8 Å². The molecule has 0 aliphatic rings. The van der Waals surface area contributed by atoms with E-state index in [4.69, 9.17) is 9.15 Å². The van der Waals surface area contributed by atoms with Gasteiger partial charge < -0.3 is 9.15 Å². The Morgan fingerprint density at radius 1 is 1.21 bits per heavy atom. The van der Waals surface area contributed by atoms with Gasteiger partial charge in [0.25, 0.3) is 5.91 Å². The van der Waals surface area contributed by atoms with Gasteiger partial charge in [0, 0.05) is 6.20 Å². The van der Waals surface area contributed by atoms with E-state index in [0.717, 1.165) is 5.56 Å². The molecule has 0 fully saturated rings. The third-order valence-corrected chi connectivity index (χ3v) is 4.23. The Hall–Kier alpha value is -3.85. The zero-order valence-electron chi connectivity index (χ0n) is 15.6.